The van der Waals surface area contributed by atoms with Crippen molar-refractivity contribution >= 4 is 34.8 Å². The minimum atomic E-state index is -2.22. The number of hydrogen-bond acceptors (Lipinski definition) is 6. The molecule has 9 nitrogen and oxygen atoms in total. The van der Waals surface area contributed by atoms with E-state index in [1.807, 2.05) is 11.7 Å². The maximum atomic E-state index is 12.5. The van der Waals surface area contributed by atoms with Crippen molar-refractivity contribution in [1.82, 2.24) is 15.1 Å². The number of aromatic nitrogens is 2. The van der Waals surface area contributed by atoms with Gasteiger partial charge in [-0.15, -0.1) is 0 Å². The molecule has 1 aromatic heterocycles. The molecule has 46 heavy (non-hydrogen) atoms. The number of rotatable bonds is 19. The predicted molar refractivity (Wildman–Crippen MR) is 187 cm³/mol. The van der Waals surface area contributed by atoms with E-state index < -0.39 is 30.9 Å². The van der Waals surface area contributed by atoms with E-state index in [2.05, 4.69) is 83.5 Å². The Hall–Kier alpha value is -3.91. The Morgan fingerprint density at radius 3 is 1.89 bits per heavy atom. The number of non-ortho nitro benzene ring substituents is 1. The molecule has 0 aliphatic carbocycles. The fraction of sp³-hybridized carbons (Fsp3) is 0.389. The second-order valence-electron chi connectivity index (χ2n) is 12.0. The van der Waals surface area contributed by atoms with Gasteiger partial charge >= 0.3 is 193 Å². The van der Waals surface area contributed by atoms with Crippen molar-refractivity contribution in [3.8, 4) is 0 Å². The number of nitrogens with one attached hydrogen (secondary N) is 1. The molecule has 0 radical (unpaired) electrons. The number of nitro benzene ring substituents is 1. The van der Waals surface area contributed by atoms with Crippen LogP contribution in [-0.2, 0) is 11.8 Å². The van der Waals surface area contributed by atoms with Crippen LogP contribution in [0.25, 0.3) is 0 Å². The number of aliphatic hydroxyl groups excluding tert-OH is 2. The van der Waals surface area contributed by atoms with Gasteiger partial charge in [-0.2, -0.15) is 0 Å². The van der Waals surface area contributed by atoms with Crippen LogP contribution in [-0.4, -0.2) is 49.6 Å². The van der Waals surface area contributed by atoms with E-state index in [0.717, 1.165) is 38.3 Å². The molecule has 3 aromatic carbocycles. The number of nitrogens with zero attached hydrogens (tertiary/aromatic N) is 3. The van der Waals surface area contributed by atoms with Crippen LogP contribution in [0.2, 0.25) is 0 Å². The van der Waals surface area contributed by atoms with Crippen LogP contribution in [0.4, 0.5) is 5.69 Å². The molecular formula is C36H47N4O5P. The molecule has 0 saturated heterocycles. The molecule has 2 atom stereocenters. The summed E-state index contributed by atoms with van der Waals surface area (Å²) < 4.78 is 1.92. The summed E-state index contributed by atoms with van der Waals surface area (Å²) in [5.41, 5.74) is 0.311. The zero-order chi connectivity index (χ0) is 32.8. The summed E-state index contributed by atoms with van der Waals surface area (Å²) >= 11 is 0. The van der Waals surface area contributed by atoms with Crippen LogP contribution in [0.1, 0.15) is 69.5 Å². The third-order valence-corrected chi connectivity index (χ3v) is 13.8. The van der Waals surface area contributed by atoms with Gasteiger partial charge in [0.2, 0.25) is 0 Å². The summed E-state index contributed by atoms with van der Waals surface area (Å²) in [4.78, 5) is 22.8. The van der Waals surface area contributed by atoms with Gasteiger partial charge in [0.05, 0.1) is 17.6 Å². The van der Waals surface area contributed by atoms with Crippen molar-refractivity contribution < 1.29 is 19.9 Å². The maximum absolute atomic E-state index is 12.5. The van der Waals surface area contributed by atoms with Gasteiger partial charge < -0.3 is 10.2 Å². The molecular weight excluding hydrogens is 599 g/mol. The number of amides is 1. The van der Waals surface area contributed by atoms with Gasteiger partial charge in [-0.1, -0.05) is 0 Å². The fourth-order valence-corrected chi connectivity index (χ4v) is 11.1. The summed E-state index contributed by atoms with van der Waals surface area (Å²) in [5.74, 6) is -0.224. The Balaban J connectivity index is 1.18. The first-order valence-electron chi connectivity index (χ1n) is 16.3. The van der Waals surface area contributed by atoms with Crippen molar-refractivity contribution in [1.29, 1.82) is 0 Å². The van der Waals surface area contributed by atoms with E-state index >= 15 is 0 Å². The summed E-state index contributed by atoms with van der Waals surface area (Å²) in [6.07, 6.45) is 13.1. The SMILES string of the molecule is Cn1cc([PH](CCCCCCCCCCC(=O)N[C@H](CO)[C@H](O)c2ccc([N+](=O)[O-])cc2)(c2ccccc2)c2ccccc2)cn1. The standard InChI is InChI=1S/C36H47N4O5P/c1-39-27-33(26-37-39)46(31-16-10-8-11-17-31,32-18-12-9-13-19-32)25-15-7-5-3-2-4-6-14-20-35(42)38-34(28-41)36(43)29-21-23-30(24-22-29)40(44)45/h8-13,16-19,21-24,26-27,34,36,41,43,46H,2-7,14-15,20,25,28H2,1H3,(H,38,42)/t34-,36-/m1/s1. The minimum absolute atomic E-state index is 0.0869. The molecule has 0 fully saturated rings. The molecule has 0 bridgehead atoms. The topological polar surface area (TPSA) is 131 Å². The Bertz CT molecular complexity index is 1460. The van der Waals surface area contributed by atoms with Crippen LogP contribution in [0.5, 0.6) is 0 Å². The summed E-state index contributed by atoms with van der Waals surface area (Å²) in [6.45, 7) is -0.438. The van der Waals surface area contributed by atoms with Crippen molar-refractivity contribution in [2.45, 2.75) is 69.9 Å². The number of nitro groups is 1. The van der Waals surface area contributed by atoms with Gasteiger partial charge in [0, 0.05) is 12.1 Å². The van der Waals surface area contributed by atoms with E-state index in [-0.39, 0.29) is 11.6 Å². The molecule has 1 heterocycles. The van der Waals surface area contributed by atoms with Gasteiger partial charge in [-0.25, -0.2) is 0 Å². The van der Waals surface area contributed by atoms with Crippen molar-refractivity contribution in [3.05, 3.63) is 113 Å². The first-order chi connectivity index (χ1) is 22.3. The van der Waals surface area contributed by atoms with E-state index in [0.29, 0.717) is 12.0 Å². The summed E-state index contributed by atoms with van der Waals surface area (Å²) in [6, 6.07) is 26.5. The molecule has 10 heteroatoms. The summed E-state index contributed by atoms with van der Waals surface area (Å²) in [7, 11) is -0.233. The zero-order valence-corrected chi connectivity index (χ0v) is 27.6. The Morgan fingerprint density at radius 1 is 0.848 bits per heavy atom. The molecule has 3 N–H and O–H groups in total. The third-order valence-electron chi connectivity index (χ3n) is 8.81. The van der Waals surface area contributed by atoms with Gasteiger partial charge in [-0.05, 0) is 17.7 Å². The number of carbonyl (C=O) groups excluding carboxylic acids is 1. The van der Waals surface area contributed by atoms with Gasteiger partial charge in [0.15, 0.2) is 0 Å². The van der Waals surface area contributed by atoms with Gasteiger partial charge in [0.1, 0.15) is 6.10 Å². The van der Waals surface area contributed by atoms with Gasteiger partial charge in [-0.3, -0.25) is 10.1 Å². The monoisotopic (exact) mass is 646 g/mol. The number of hydrogen-bond donors (Lipinski definition) is 3. The third kappa shape index (κ3) is 9.32. The van der Waals surface area contributed by atoms with Crippen molar-refractivity contribution in [2.75, 3.05) is 12.8 Å². The molecule has 1 amide bonds. The number of benzene rings is 3. The molecule has 0 spiro atoms. The van der Waals surface area contributed by atoms with E-state index in [1.54, 1.807) is 0 Å². The normalized spacial score (nSPS) is 13.2. The number of carbonyl (C=O) groups is 1. The van der Waals surface area contributed by atoms with E-state index in [4.69, 9.17) is 0 Å². The molecule has 0 unspecified atom stereocenters. The summed E-state index contributed by atoms with van der Waals surface area (Å²) in [5, 5.41) is 42.6. The number of aryl methyl sites for hydroxylation is 1. The van der Waals surface area contributed by atoms with Gasteiger partial charge in [0.25, 0.3) is 5.69 Å². The first-order valence-corrected chi connectivity index (χ1v) is 18.5. The van der Waals surface area contributed by atoms with Crippen LogP contribution < -0.4 is 21.2 Å². The van der Waals surface area contributed by atoms with Crippen molar-refractivity contribution in [3.63, 3.8) is 0 Å². The van der Waals surface area contributed by atoms with Crippen LogP contribution in [0, 0.1) is 10.1 Å². The Labute approximate surface area is 272 Å². The Kier molecular flexibility index (Phi) is 13.4. The van der Waals surface area contributed by atoms with Crippen LogP contribution in [0.15, 0.2) is 97.3 Å². The molecule has 0 saturated carbocycles. The Morgan fingerprint density at radius 2 is 1.39 bits per heavy atom. The van der Waals surface area contributed by atoms with Crippen molar-refractivity contribution in [2.24, 2.45) is 7.05 Å². The molecule has 0 aliphatic rings. The predicted octanol–water partition coefficient (Wildman–Crippen LogP) is 5.08. The van der Waals surface area contributed by atoms with E-state index in [1.165, 1.54) is 59.4 Å². The molecule has 4 aromatic rings. The van der Waals surface area contributed by atoms with Crippen LogP contribution >= 0.6 is 7.26 Å². The second-order valence-corrected chi connectivity index (χ2v) is 16.1. The zero-order valence-electron chi connectivity index (χ0n) is 26.6. The second kappa shape index (κ2) is 17.7. The molecule has 246 valence electrons. The average Bonchev–Trinajstić information content (AvgIpc) is 3.53. The van der Waals surface area contributed by atoms with E-state index in [9.17, 15) is 25.1 Å². The quantitative estimate of drug-likeness (QED) is 0.0564. The first kappa shape index (κ1) is 35.0. The number of unbranched alkanes of at least 4 members (excludes halogenated alkanes) is 7. The molecule has 4 rings (SSSR count). The number of aliphatic hydroxyl groups is 2. The molecule has 0 aliphatic heterocycles. The van der Waals surface area contributed by atoms with Crippen LogP contribution in [0.3, 0.4) is 0 Å². The average molecular weight is 647 g/mol. The fourth-order valence-electron chi connectivity index (χ4n) is 6.29.